The van der Waals surface area contributed by atoms with Crippen molar-refractivity contribution >= 4 is 52.6 Å². The molecule has 3 amide bonds. The normalized spacial score (nSPS) is 17.3. The molecule has 152 valence electrons. The fraction of sp³-hybridized carbons (Fsp3) is 0.158. The first-order chi connectivity index (χ1) is 14.5. The van der Waals surface area contributed by atoms with Crippen molar-refractivity contribution in [1.29, 1.82) is 0 Å². The lowest BCUT2D eigenvalue weighted by atomic mass is 10.2. The second-order valence-corrected chi connectivity index (χ2v) is 7.35. The van der Waals surface area contributed by atoms with E-state index in [1.165, 1.54) is 12.1 Å². The van der Waals surface area contributed by atoms with E-state index in [0.717, 1.165) is 12.8 Å². The van der Waals surface area contributed by atoms with Gasteiger partial charge in [0, 0.05) is 17.7 Å². The van der Waals surface area contributed by atoms with Crippen LogP contribution in [0.3, 0.4) is 0 Å². The molecule has 2 aromatic heterocycles. The van der Waals surface area contributed by atoms with E-state index in [1.807, 2.05) is 0 Å². The highest BCUT2D eigenvalue weighted by molar-refractivity contribution is 6.33. The third-order valence-corrected chi connectivity index (χ3v) is 5.05. The molecule has 30 heavy (non-hydrogen) atoms. The molecule has 5 rings (SSSR count). The molecule has 1 aliphatic heterocycles. The lowest BCUT2D eigenvalue weighted by molar-refractivity contribution is -0.115. The van der Waals surface area contributed by atoms with Crippen LogP contribution in [0.4, 0.5) is 26.5 Å². The number of anilines is 3. The second kappa shape index (κ2) is 6.99. The van der Waals surface area contributed by atoms with E-state index in [0.29, 0.717) is 34.6 Å². The summed E-state index contributed by atoms with van der Waals surface area (Å²) in [4.78, 5) is 27.8. The van der Waals surface area contributed by atoms with Gasteiger partial charge in [-0.05, 0) is 31.1 Å². The number of imide groups is 1. The molecule has 0 unspecified atom stereocenters. The summed E-state index contributed by atoms with van der Waals surface area (Å²) in [7, 11) is 0. The van der Waals surface area contributed by atoms with Gasteiger partial charge < -0.3 is 16.0 Å². The summed E-state index contributed by atoms with van der Waals surface area (Å²) < 4.78 is 15.4. The minimum Gasteiger partial charge on any atom is -0.367 e. The first-order valence-corrected chi connectivity index (χ1v) is 9.56. The number of hydrogen-bond donors (Lipinski definition) is 4. The first kappa shape index (κ1) is 18.4. The maximum atomic E-state index is 13.8. The van der Waals surface area contributed by atoms with Gasteiger partial charge in [0.1, 0.15) is 23.1 Å². The number of carbonyl (C=O) groups excluding carboxylic acids is 2. The molecule has 0 atom stereocenters. The van der Waals surface area contributed by atoms with Crippen LogP contribution in [0, 0.1) is 5.82 Å². The Morgan fingerprint density at radius 2 is 2.10 bits per heavy atom. The van der Waals surface area contributed by atoms with Crippen molar-refractivity contribution in [3.05, 3.63) is 52.6 Å². The van der Waals surface area contributed by atoms with Gasteiger partial charge in [-0.15, -0.1) is 0 Å². The van der Waals surface area contributed by atoms with Gasteiger partial charge >= 0.3 is 6.03 Å². The number of hydrogen-bond acceptors (Lipinski definition) is 6. The first-order valence-electron chi connectivity index (χ1n) is 9.18. The highest BCUT2D eigenvalue weighted by Gasteiger charge is 2.25. The van der Waals surface area contributed by atoms with Gasteiger partial charge in [0.25, 0.3) is 5.91 Å². The zero-order valence-corrected chi connectivity index (χ0v) is 16.1. The van der Waals surface area contributed by atoms with Crippen molar-refractivity contribution in [3.8, 4) is 0 Å². The highest BCUT2D eigenvalue weighted by Crippen LogP contribution is 2.31. The molecule has 3 aromatic rings. The Morgan fingerprint density at radius 3 is 2.83 bits per heavy atom. The van der Waals surface area contributed by atoms with Crippen LogP contribution in [0.1, 0.15) is 18.4 Å². The van der Waals surface area contributed by atoms with Crippen LogP contribution >= 0.6 is 11.6 Å². The van der Waals surface area contributed by atoms with Crippen LogP contribution in [0.15, 0.2) is 36.2 Å². The minimum absolute atomic E-state index is 0.0444. The average Bonchev–Trinajstić information content (AvgIpc) is 3.34. The van der Waals surface area contributed by atoms with E-state index in [-0.39, 0.29) is 10.7 Å². The van der Waals surface area contributed by atoms with Crippen molar-refractivity contribution in [2.75, 3.05) is 10.6 Å². The second-order valence-electron chi connectivity index (χ2n) is 6.97. The Hall–Kier alpha value is -3.66. The predicted molar refractivity (Wildman–Crippen MR) is 109 cm³/mol. The molecule has 11 heteroatoms. The fourth-order valence-corrected chi connectivity index (χ4v) is 3.23. The topological polar surface area (TPSA) is 112 Å². The number of amides is 3. The number of fused-ring (bicyclic) bond motifs is 1. The van der Waals surface area contributed by atoms with Gasteiger partial charge in [-0.25, -0.2) is 14.2 Å². The van der Waals surface area contributed by atoms with Gasteiger partial charge in [0.2, 0.25) is 0 Å². The number of rotatable bonds is 5. The van der Waals surface area contributed by atoms with E-state index >= 15 is 0 Å². The smallest absolute Gasteiger partial charge is 0.326 e. The van der Waals surface area contributed by atoms with Crippen molar-refractivity contribution in [2.45, 2.75) is 18.9 Å². The maximum Gasteiger partial charge on any atom is 0.326 e. The van der Waals surface area contributed by atoms with E-state index < -0.39 is 17.8 Å². The minimum atomic E-state index is -0.588. The molecule has 0 bridgehead atoms. The third-order valence-electron chi connectivity index (χ3n) is 4.66. The summed E-state index contributed by atoms with van der Waals surface area (Å²) in [5.41, 5.74) is 1.43. The van der Waals surface area contributed by atoms with Gasteiger partial charge in [-0.1, -0.05) is 17.7 Å². The number of aromatic nitrogens is 3. The summed E-state index contributed by atoms with van der Waals surface area (Å²) in [6, 6.07) is 5.96. The summed E-state index contributed by atoms with van der Waals surface area (Å²) in [6.45, 7) is 0. The zero-order valence-electron chi connectivity index (χ0n) is 15.4. The number of halogens is 2. The van der Waals surface area contributed by atoms with Crippen LogP contribution < -0.4 is 21.3 Å². The molecule has 2 fully saturated rings. The lowest BCUT2D eigenvalue weighted by Crippen LogP contribution is -2.22. The Balaban J connectivity index is 1.59. The molecule has 1 saturated heterocycles. The Morgan fingerprint density at radius 1 is 1.27 bits per heavy atom. The summed E-state index contributed by atoms with van der Waals surface area (Å²) >= 11 is 6.06. The van der Waals surface area contributed by atoms with Crippen LogP contribution in [0.2, 0.25) is 5.02 Å². The summed E-state index contributed by atoms with van der Waals surface area (Å²) in [5.74, 6) is 0.0219. The third kappa shape index (κ3) is 3.41. The quantitative estimate of drug-likeness (QED) is 0.368. The highest BCUT2D eigenvalue weighted by atomic mass is 35.5. The van der Waals surface area contributed by atoms with E-state index in [1.54, 1.807) is 28.9 Å². The fourth-order valence-electron chi connectivity index (χ4n) is 3.06. The molecule has 1 saturated carbocycles. The lowest BCUT2D eigenvalue weighted by Gasteiger charge is -2.12. The van der Waals surface area contributed by atoms with Crippen molar-refractivity contribution in [3.63, 3.8) is 0 Å². The SMILES string of the molecule is O=C1NC(=O)/C(=C/c2cnn3c(NC4CC4)cc(Nc4cccc(F)c4Cl)nc23)N1. The summed E-state index contributed by atoms with van der Waals surface area (Å²) in [6.07, 6.45) is 5.14. The molecule has 9 nitrogen and oxygen atoms in total. The Bertz CT molecular complexity index is 1240. The predicted octanol–water partition coefficient (Wildman–Crippen LogP) is 3.02. The Labute approximate surface area is 174 Å². The molecular formula is C19H15ClFN7O2. The van der Waals surface area contributed by atoms with Gasteiger partial charge in [-0.2, -0.15) is 9.61 Å². The standard InChI is InChI=1S/C19H15ClFN7O2/c20-16-11(21)2-1-3-12(16)24-14-7-15(23-10-4-5-10)28-17(26-14)9(8-22-28)6-13-18(29)27-19(30)25-13/h1-3,6-8,10,23H,4-5H2,(H,24,26)(H2,25,27,29,30)/b13-6-. The molecular weight excluding hydrogens is 413 g/mol. The zero-order chi connectivity index (χ0) is 20.8. The number of benzene rings is 1. The van der Waals surface area contributed by atoms with Gasteiger partial charge in [0.05, 0.1) is 16.9 Å². The van der Waals surface area contributed by atoms with Crippen LogP contribution in [0.5, 0.6) is 0 Å². The largest absolute Gasteiger partial charge is 0.367 e. The van der Waals surface area contributed by atoms with Crippen LogP contribution in [0.25, 0.3) is 11.7 Å². The number of carbonyl (C=O) groups is 2. The Kier molecular flexibility index (Phi) is 4.28. The molecule has 3 heterocycles. The van der Waals surface area contributed by atoms with Crippen molar-refractivity contribution in [2.24, 2.45) is 0 Å². The van der Waals surface area contributed by atoms with Gasteiger partial charge in [-0.3, -0.25) is 10.1 Å². The van der Waals surface area contributed by atoms with Crippen LogP contribution in [-0.4, -0.2) is 32.6 Å². The van der Waals surface area contributed by atoms with Crippen molar-refractivity contribution < 1.29 is 14.0 Å². The van der Waals surface area contributed by atoms with E-state index in [9.17, 15) is 14.0 Å². The molecule has 2 aliphatic rings. The number of nitrogens with one attached hydrogen (secondary N) is 4. The van der Waals surface area contributed by atoms with Crippen LogP contribution in [-0.2, 0) is 4.79 Å². The van der Waals surface area contributed by atoms with E-state index in [2.05, 4.69) is 31.3 Å². The number of nitrogens with zero attached hydrogens (tertiary/aromatic N) is 3. The molecule has 0 spiro atoms. The monoisotopic (exact) mass is 427 g/mol. The molecule has 1 aliphatic carbocycles. The van der Waals surface area contributed by atoms with Crippen molar-refractivity contribution in [1.82, 2.24) is 25.2 Å². The van der Waals surface area contributed by atoms with Gasteiger partial charge in [0.15, 0.2) is 5.65 Å². The molecule has 1 aromatic carbocycles. The molecule has 4 N–H and O–H groups in total. The maximum absolute atomic E-state index is 13.8. The number of urea groups is 1. The van der Waals surface area contributed by atoms with E-state index in [4.69, 9.17) is 11.6 Å². The average molecular weight is 428 g/mol. The summed E-state index contributed by atoms with van der Waals surface area (Å²) in [5, 5.41) is 15.3. The molecule has 0 radical (unpaired) electrons.